The maximum atomic E-state index is 11.3. The molecule has 1 N–H and O–H groups in total. The molecule has 1 fully saturated rings. The van der Waals surface area contributed by atoms with Crippen LogP contribution in [0.3, 0.4) is 0 Å². The molecule has 2 rings (SSSR count). The quantitative estimate of drug-likeness (QED) is 0.883. The molecule has 1 saturated heterocycles. The van der Waals surface area contributed by atoms with Crippen LogP contribution in [0.4, 0.5) is 0 Å². The van der Waals surface area contributed by atoms with Crippen LogP contribution in [0.25, 0.3) is 0 Å². The third kappa shape index (κ3) is 3.51. The molecule has 1 aliphatic rings. The van der Waals surface area contributed by atoms with E-state index in [2.05, 4.69) is 17.2 Å². The first-order chi connectivity index (χ1) is 8.07. The first-order valence-corrected chi connectivity index (χ1v) is 7.75. The van der Waals surface area contributed by atoms with Gasteiger partial charge in [0.1, 0.15) is 9.84 Å². The molecule has 1 unspecified atom stereocenters. The van der Waals surface area contributed by atoms with Gasteiger partial charge in [-0.15, -0.1) is 0 Å². The van der Waals surface area contributed by atoms with Gasteiger partial charge >= 0.3 is 0 Å². The van der Waals surface area contributed by atoms with Gasteiger partial charge in [-0.05, 0) is 37.5 Å². The lowest BCUT2D eigenvalue weighted by Crippen LogP contribution is -2.38. The molecule has 1 aromatic rings. The molecule has 0 radical (unpaired) electrons. The summed E-state index contributed by atoms with van der Waals surface area (Å²) in [5, 5.41) is 3.48. The largest absolute Gasteiger partial charge is 0.307 e. The molecular weight excluding hydrogens is 236 g/mol. The number of rotatable bonds is 3. The van der Waals surface area contributed by atoms with Crippen molar-refractivity contribution in [2.24, 2.45) is 0 Å². The van der Waals surface area contributed by atoms with Crippen molar-refractivity contribution in [3.05, 3.63) is 30.1 Å². The van der Waals surface area contributed by atoms with Crippen molar-refractivity contribution in [2.75, 3.05) is 11.5 Å². The summed E-state index contributed by atoms with van der Waals surface area (Å²) in [5.41, 5.74) is 1.19. The predicted molar refractivity (Wildman–Crippen MR) is 67.5 cm³/mol. The van der Waals surface area contributed by atoms with E-state index in [0.29, 0.717) is 17.5 Å². The Bertz CT molecular complexity index is 445. The summed E-state index contributed by atoms with van der Waals surface area (Å²) >= 11 is 0. The van der Waals surface area contributed by atoms with Gasteiger partial charge in [0.2, 0.25) is 0 Å². The first-order valence-electron chi connectivity index (χ1n) is 5.93. The van der Waals surface area contributed by atoms with Crippen molar-refractivity contribution in [3.63, 3.8) is 0 Å². The molecule has 0 saturated carbocycles. The highest BCUT2D eigenvalue weighted by Crippen LogP contribution is 2.17. The van der Waals surface area contributed by atoms with Crippen LogP contribution in [0.5, 0.6) is 0 Å². The van der Waals surface area contributed by atoms with Crippen molar-refractivity contribution in [1.29, 1.82) is 0 Å². The summed E-state index contributed by atoms with van der Waals surface area (Å²) in [5.74, 6) is 0.626. The van der Waals surface area contributed by atoms with E-state index < -0.39 is 9.84 Å². The van der Waals surface area contributed by atoms with Gasteiger partial charge in [0.25, 0.3) is 0 Å². The van der Waals surface area contributed by atoms with Crippen LogP contribution in [0.15, 0.2) is 24.5 Å². The summed E-state index contributed by atoms with van der Waals surface area (Å²) in [4.78, 5) is 3.99. The summed E-state index contributed by atoms with van der Waals surface area (Å²) in [6, 6.07) is 4.51. The van der Waals surface area contributed by atoms with Crippen molar-refractivity contribution in [3.8, 4) is 0 Å². The van der Waals surface area contributed by atoms with Crippen LogP contribution >= 0.6 is 0 Å². The van der Waals surface area contributed by atoms with E-state index in [-0.39, 0.29) is 6.04 Å². The second-order valence-corrected chi connectivity index (χ2v) is 6.90. The van der Waals surface area contributed by atoms with Crippen LogP contribution in [0.2, 0.25) is 0 Å². The molecule has 0 bridgehead atoms. The number of sulfone groups is 1. The number of hydrogen-bond donors (Lipinski definition) is 1. The van der Waals surface area contributed by atoms with Crippen molar-refractivity contribution in [2.45, 2.75) is 31.8 Å². The molecule has 94 valence electrons. The standard InChI is InChI=1S/C12H18N2O2S/c1-10(11-2-6-13-7-3-11)14-12-4-8-17(15,16)9-5-12/h2-3,6-7,10,12,14H,4-5,8-9H2,1H3. The molecule has 2 heterocycles. The average Bonchev–Trinajstić information content (AvgIpc) is 2.33. The van der Waals surface area contributed by atoms with Gasteiger partial charge in [-0.1, -0.05) is 0 Å². The maximum absolute atomic E-state index is 11.3. The molecule has 0 aromatic carbocycles. The molecule has 0 aliphatic carbocycles. The number of aromatic nitrogens is 1. The summed E-state index contributed by atoms with van der Waals surface area (Å²) in [6.45, 7) is 2.10. The van der Waals surface area contributed by atoms with Crippen LogP contribution in [0.1, 0.15) is 31.4 Å². The predicted octanol–water partition coefficient (Wildman–Crippen LogP) is 1.31. The van der Waals surface area contributed by atoms with E-state index in [1.54, 1.807) is 12.4 Å². The monoisotopic (exact) mass is 254 g/mol. The topological polar surface area (TPSA) is 59.1 Å². The Labute approximate surface area is 102 Å². The summed E-state index contributed by atoms with van der Waals surface area (Å²) in [7, 11) is -2.77. The molecule has 5 heteroatoms. The average molecular weight is 254 g/mol. The fraction of sp³-hybridized carbons (Fsp3) is 0.583. The van der Waals surface area contributed by atoms with Crippen molar-refractivity contribution in [1.82, 2.24) is 10.3 Å². The number of pyridine rings is 1. The SMILES string of the molecule is CC(NC1CCS(=O)(=O)CC1)c1ccncc1. The van der Waals surface area contributed by atoms with Gasteiger partial charge in [-0.3, -0.25) is 4.98 Å². The molecular formula is C12H18N2O2S. The molecule has 1 aliphatic heterocycles. The first kappa shape index (κ1) is 12.5. The van der Waals surface area contributed by atoms with E-state index in [1.807, 2.05) is 12.1 Å². The highest BCUT2D eigenvalue weighted by molar-refractivity contribution is 7.91. The van der Waals surface area contributed by atoms with Crippen LogP contribution in [-0.2, 0) is 9.84 Å². The van der Waals surface area contributed by atoms with Crippen LogP contribution in [-0.4, -0.2) is 30.9 Å². The van der Waals surface area contributed by atoms with Crippen molar-refractivity contribution >= 4 is 9.84 Å². The van der Waals surface area contributed by atoms with E-state index in [1.165, 1.54) is 5.56 Å². The Kier molecular flexibility index (Phi) is 3.79. The molecule has 0 spiro atoms. The van der Waals surface area contributed by atoms with Gasteiger partial charge in [0, 0.05) is 24.5 Å². The normalized spacial score (nSPS) is 22.2. The zero-order valence-electron chi connectivity index (χ0n) is 9.96. The van der Waals surface area contributed by atoms with E-state index in [4.69, 9.17) is 0 Å². The fourth-order valence-electron chi connectivity index (χ4n) is 2.16. The Morgan fingerprint density at radius 1 is 1.29 bits per heavy atom. The lowest BCUT2D eigenvalue weighted by atomic mass is 10.1. The van der Waals surface area contributed by atoms with E-state index in [9.17, 15) is 8.42 Å². The zero-order chi connectivity index (χ0) is 12.3. The summed E-state index contributed by atoms with van der Waals surface area (Å²) < 4.78 is 22.6. The van der Waals surface area contributed by atoms with Gasteiger partial charge < -0.3 is 5.32 Å². The Balaban J connectivity index is 1.90. The Morgan fingerprint density at radius 3 is 2.47 bits per heavy atom. The third-order valence-corrected chi connectivity index (χ3v) is 4.96. The highest BCUT2D eigenvalue weighted by atomic mass is 32.2. The molecule has 1 atom stereocenters. The minimum Gasteiger partial charge on any atom is -0.307 e. The highest BCUT2D eigenvalue weighted by Gasteiger charge is 2.24. The number of nitrogens with zero attached hydrogens (tertiary/aromatic N) is 1. The lowest BCUT2D eigenvalue weighted by molar-refractivity contribution is 0.420. The van der Waals surface area contributed by atoms with E-state index in [0.717, 1.165) is 12.8 Å². The van der Waals surface area contributed by atoms with Gasteiger partial charge in [-0.2, -0.15) is 0 Å². The van der Waals surface area contributed by atoms with E-state index >= 15 is 0 Å². The number of hydrogen-bond acceptors (Lipinski definition) is 4. The molecule has 4 nitrogen and oxygen atoms in total. The molecule has 17 heavy (non-hydrogen) atoms. The molecule has 1 aromatic heterocycles. The minimum atomic E-state index is -2.77. The van der Waals surface area contributed by atoms with Crippen molar-refractivity contribution < 1.29 is 8.42 Å². The number of nitrogens with one attached hydrogen (secondary N) is 1. The summed E-state index contributed by atoms with van der Waals surface area (Å²) in [6.07, 6.45) is 4.99. The molecule has 0 amide bonds. The second-order valence-electron chi connectivity index (χ2n) is 4.59. The van der Waals surface area contributed by atoms with Gasteiger partial charge in [0.05, 0.1) is 11.5 Å². The second kappa shape index (κ2) is 5.14. The van der Waals surface area contributed by atoms with Crippen LogP contribution < -0.4 is 5.32 Å². The van der Waals surface area contributed by atoms with Crippen LogP contribution in [0, 0.1) is 0 Å². The van der Waals surface area contributed by atoms with Gasteiger partial charge in [-0.25, -0.2) is 8.42 Å². The minimum absolute atomic E-state index is 0.240. The third-order valence-electron chi connectivity index (χ3n) is 3.25. The Morgan fingerprint density at radius 2 is 1.88 bits per heavy atom. The maximum Gasteiger partial charge on any atom is 0.150 e. The Hall–Kier alpha value is -0.940. The smallest absolute Gasteiger partial charge is 0.150 e. The van der Waals surface area contributed by atoms with Gasteiger partial charge in [0.15, 0.2) is 0 Å². The fourth-order valence-corrected chi connectivity index (χ4v) is 3.65. The lowest BCUT2D eigenvalue weighted by Gasteiger charge is -2.26. The zero-order valence-corrected chi connectivity index (χ0v) is 10.8.